The van der Waals surface area contributed by atoms with Crippen molar-refractivity contribution in [3.05, 3.63) is 0 Å². The minimum absolute atomic E-state index is 0.135. The number of ether oxygens (including phenoxy) is 1. The summed E-state index contributed by atoms with van der Waals surface area (Å²) < 4.78 is 5.70. The number of rotatable bonds is 5. The van der Waals surface area contributed by atoms with Gasteiger partial charge in [-0.05, 0) is 38.1 Å². The maximum atomic E-state index is 12.0. The Labute approximate surface area is 116 Å². The summed E-state index contributed by atoms with van der Waals surface area (Å²) in [4.78, 5) is 13.9. The summed E-state index contributed by atoms with van der Waals surface area (Å²) in [6.07, 6.45) is 9.04. The molecule has 0 aromatic rings. The zero-order valence-electron chi connectivity index (χ0n) is 12.2. The van der Waals surface area contributed by atoms with Gasteiger partial charge in [-0.15, -0.1) is 0 Å². The number of likely N-dealkylation sites (N-methyl/N-ethyl adjacent to an activating group) is 1. The second kappa shape index (κ2) is 7.85. The van der Waals surface area contributed by atoms with Gasteiger partial charge in [0.15, 0.2) is 0 Å². The molecule has 1 saturated heterocycles. The van der Waals surface area contributed by atoms with E-state index in [0.717, 1.165) is 32.5 Å². The highest BCUT2D eigenvalue weighted by atomic mass is 16.5. The summed E-state index contributed by atoms with van der Waals surface area (Å²) in [7, 11) is 1.92. The molecule has 0 bridgehead atoms. The van der Waals surface area contributed by atoms with Crippen LogP contribution in [0.25, 0.3) is 0 Å². The van der Waals surface area contributed by atoms with E-state index in [9.17, 15) is 4.79 Å². The summed E-state index contributed by atoms with van der Waals surface area (Å²) in [6.45, 7) is 3.12. The lowest BCUT2D eigenvalue weighted by molar-refractivity contribution is -0.137. The number of carbonyl (C=O) groups excluding carboxylic acids is 1. The van der Waals surface area contributed by atoms with Gasteiger partial charge in [0.2, 0.25) is 5.91 Å². The van der Waals surface area contributed by atoms with Gasteiger partial charge in [-0.3, -0.25) is 4.79 Å². The van der Waals surface area contributed by atoms with Crippen LogP contribution in [0.1, 0.15) is 44.9 Å². The maximum Gasteiger partial charge on any atom is 0.248 e. The molecule has 1 atom stereocenters. The van der Waals surface area contributed by atoms with Gasteiger partial charge < -0.3 is 15.0 Å². The molecule has 1 aliphatic carbocycles. The summed E-state index contributed by atoms with van der Waals surface area (Å²) in [5.74, 6) is 0.843. The van der Waals surface area contributed by atoms with Crippen molar-refractivity contribution in [2.24, 2.45) is 5.92 Å². The first-order valence-electron chi connectivity index (χ1n) is 7.82. The lowest BCUT2D eigenvalue weighted by Gasteiger charge is -2.28. The number of amides is 1. The van der Waals surface area contributed by atoms with E-state index in [-0.39, 0.29) is 18.6 Å². The molecule has 0 radical (unpaired) electrons. The van der Waals surface area contributed by atoms with Crippen LogP contribution in [0.15, 0.2) is 0 Å². The van der Waals surface area contributed by atoms with Gasteiger partial charge in [-0.1, -0.05) is 19.3 Å². The molecule has 0 aromatic heterocycles. The number of nitrogens with zero attached hydrogens (tertiary/aromatic N) is 1. The monoisotopic (exact) mass is 268 g/mol. The standard InChI is InChI=1S/C15H28N2O2/c1-17(11-13-6-3-2-4-7-13)15(18)12-19-14-8-5-9-16-10-14/h13-14,16H,2-12H2,1H3/t14-/m0/s1. The van der Waals surface area contributed by atoms with Crippen molar-refractivity contribution in [2.75, 3.05) is 33.3 Å². The number of nitrogens with one attached hydrogen (secondary N) is 1. The molecule has 110 valence electrons. The molecule has 4 heteroatoms. The molecule has 19 heavy (non-hydrogen) atoms. The molecule has 0 aromatic carbocycles. The lowest BCUT2D eigenvalue weighted by Crippen LogP contribution is -2.39. The van der Waals surface area contributed by atoms with E-state index < -0.39 is 0 Å². The molecule has 1 amide bonds. The summed E-state index contributed by atoms with van der Waals surface area (Å²) in [6, 6.07) is 0. The Morgan fingerprint density at radius 2 is 2.00 bits per heavy atom. The Hall–Kier alpha value is -0.610. The largest absolute Gasteiger partial charge is 0.367 e. The molecule has 2 rings (SSSR count). The molecule has 1 saturated carbocycles. The maximum absolute atomic E-state index is 12.0. The van der Waals surface area contributed by atoms with E-state index in [1.807, 2.05) is 11.9 Å². The molecular weight excluding hydrogens is 240 g/mol. The van der Waals surface area contributed by atoms with Crippen LogP contribution in [-0.2, 0) is 9.53 Å². The predicted molar refractivity (Wildman–Crippen MR) is 76.1 cm³/mol. The van der Waals surface area contributed by atoms with Crippen LogP contribution in [-0.4, -0.2) is 50.2 Å². The molecule has 2 aliphatic rings. The van der Waals surface area contributed by atoms with Crippen LogP contribution in [0.3, 0.4) is 0 Å². The van der Waals surface area contributed by atoms with E-state index in [0.29, 0.717) is 5.92 Å². The number of hydrogen-bond acceptors (Lipinski definition) is 3. The Morgan fingerprint density at radius 3 is 2.68 bits per heavy atom. The lowest BCUT2D eigenvalue weighted by atomic mass is 9.89. The minimum atomic E-state index is 0.135. The van der Waals surface area contributed by atoms with Gasteiger partial charge in [0.05, 0.1) is 6.10 Å². The Kier molecular flexibility index (Phi) is 6.11. The highest BCUT2D eigenvalue weighted by Gasteiger charge is 2.20. The zero-order valence-corrected chi connectivity index (χ0v) is 12.2. The van der Waals surface area contributed by atoms with Crippen molar-refractivity contribution in [3.63, 3.8) is 0 Å². The summed E-state index contributed by atoms with van der Waals surface area (Å²) >= 11 is 0. The SMILES string of the molecule is CN(CC1CCCCC1)C(=O)CO[C@H]1CCCNC1. The molecule has 0 spiro atoms. The van der Waals surface area contributed by atoms with E-state index in [1.165, 1.54) is 32.1 Å². The Morgan fingerprint density at radius 1 is 1.21 bits per heavy atom. The van der Waals surface area contributed by atoms with Crippen molar-refractivity contribution >= 4 is 5.91 Å². The first-order chi connectivity index (χ1) is 9.25. The molecule has 2 fully saturated rings. The van der Waals surface area contributed by atoms with Crippen LogP contribution in [0.2, 0.25) is 0 Å². The quantitative estimate of drug-likeness (QED) is 0.826. The van der Waals surface area contributed by atoms with Gasteiger partial charge in [0.1, 0.15) is 6.61 Å². The van der Waals surface area contributed by atoms with Crippen LogP contribution in [0.4, 0.5) is 0 Å². The van der Waals surface area contributed by atoms with Crippen LogP contribution >= 0.6 is 0 Å². The van der Waals surface area contributed by atoms with Crippen LogP contribution < -0.4 is 5.32 Å². The third-order valence-corrected chi connectivity index (χ3v) is 4.38. The van der Waals surface area contributed by atoms with E-state index >= 15 is 0 Å². The average molecular weight is 268 g/mol. The molecule has 1 N–H and O–H groups in total. The van der Waals surface area contributed by atoms with Crippen LogP contribution in [0, 0.1) is 5.92 Å². The highest BCUT2D eigenvalue weighted by molar-refractivity contribution is 5.77. The third kappa shape index (κ3) is 5.11. The highest BCUT2D eigenvalue weighted by Crippen LogP contribution is 2.24. The fourth-order valence-electron chi connectivity index (χ4n) is 3.12. The van der Waals surface area contributed by atoms with Crippen molar-refractivity contribution in [1.29, 1.82) is 0 Å². The fourth-order valence-corrected chi connectivity index (χ4v) is 3.12. The zero-order chi connectivity index (χ0) is 13.5. The van der Waals surface area contributed by atoms with Gasteiger partial charge in [0, 0.05) is 20.1 Å². The van der Waals surface area contributed by atoms with E-state index in [2.05, 4.69) is 5.32 Å². The first kappa shape index (κ1) is 14.8. The number of piperidine rings is 1. The number of hydrogen-bond donors (Lipinski definition) is 1. The number of carbonyl (C=O) groups is 1. The van der Waals surface area contributed by atoms with Crippen molar-refractivity contribution < 1.29 is 9.53 Å². The van der Waals surface area contributed by atoms with Crippen LogP contribution in [0.5, 0.6) is 0 Å². The van der Waals surface area contributed by atoms with Crippen molar-refractivity contribution in [3.8, 4) is 0 Å². The molecular formula is C15H28N2O2. The normalized spacial score (nSPS) is 25.2. The van der Waals surface area contributed by atoms with E-state index in [4.69, 9.17) is 4.74 Å². The molecule has 1 heterocycles. The van der Waals surface area contributed by atoms with Gasteiger partial charge >= 0.3 is 0 Å². The Bertz CT molecular complexity index is 271. The molecule has 4 nitrogen and oxygen atoms in total. The van der Waals surface area contributed by atoms with E-state index in [1.54, 1.807) is 0 Å². The fraction of sp³-hybridized carbons (Fsp3) is 0.933. The predicted octanol–water partition coefficient (Wildman–Crippen LogP) is 1.79. The van der Waals surface area contributed by atoms with Crippen molar-refractivity contribution in [1.82, 2.24) is 10.2 Å². The van der Waals surface area contributed by atoms with Gasteiger partial charge in [-0.25, -0.2) is 0 Å². The smallest absolute Gasteiger partial charge is 0.248 e. The first-order valence-corrected chi connectivity index (χ1v) is 7.82. The minimum Gasteiger partial charge on any atom is -0.367 e. The third-order valence-electron chi connectivity index (χ3n) is 4.38. The van der Waals surface area contributed by atoms with Crippen molar-refractivity contribution in [2.45, 2.75) is 51.0 Å². The van der Waals surface area contributed by atoms with Gasteiger partial charge in [0.25, 0.3) is 0 Å². The Balaban J connectivity index is 1.63. The van der Waals surface area contributed by atoms with Gasteiger partial charge in [-0.2, -0.15) is 0 Å². The average Bonchev–Trinajstić information content (AvgIpc) is 2.47. The molecule has 0 unspecified atom stereocenters. The second-order valence-corrected chi connectivity index (χ2v) is 6.06. The second-order valence-electron chi connectivity index (χ2n) is 6.06. The topological polar surface area (TPSA) is 41.6 Å². The summed E-state index contributed by atoms with van der Waals surface area (Å²) in [5.41, 5.74) is 0. The summed E-state index contributed by atoms with van der Waals surface area (Å²) in [5, 5.41) is 3.30. The molecule has 1 aliphatic heterocycles.